The lowest BCUT2D eigenvalue weighted by molar-refractivity contribution is -0.152. The molecule has 1 N–H and O–H groups in total. The first-order chi connectivity index (χ1) is 12.6. The summed E-state index contributed by atoms with van der Waals surface area (Å²) in [5, 5.41) is 9.81. The molecule has 3 fully saturated rings. The molecule has 1 aromatic rings. The van der Waals surface area contributed by atoms with E-state index in [1.165, 1.54) is 0 Å². The minimum atomic E-state index is -0.713. The highest BCUT2D eigenvalue weighted by Gasteiger charge is 2.54. The molecule has 0 aromatic carbocycles. The number of nitrogens with zero attached hydrogens (tertiary/aromatic N) is 4. The molecule has 2 atom stereocenters. The molecule has 7 nitrogen and oxygen atoms in total. The van der Waals surface area contributed by atoms with Gasteiger partial charge < -0.3 is 14.9 Å². The van der Waals surface area contributed by atoms with E-state index in [4.69, 9.17) is 0 Å². The zero-order valence-electron chi connectivity index (χ0n) is 15.0. The van der Waals surface area contributed by atoms with Crippen LogP contribution in [0.25, 0.3) is 0 Å². The number of carboxylic acid groups (broad SMARTS) is 1. The number of carbonyl (C=O) groups excluding carboxylic acids is 1. The van der Waals surface area contributed by atoms with Gasteiger partial charge in [0.1, 0.15) is 5.82 Å². The normalized spacial score (nSPS) is 29.5. The van der Waals surface area contributed by atoms with E-state index in [-0.39, 0.29) is 17.7 Å². The van der Waals surface area contributed by atoms with Crippen molar-refractivity contribution in [3.8, 4) is 0 Å². The molecular weight excluding hydrogens is 332 g/mol. The van der Waals surface area contributed by atoms with Crippen LogP contribution in [0.15, 0.2) is 18.6 Å². The molecule has 1 amide bonds. The van der Waals surface area contributed by atoms with Gasteiger partial charge in [-0.25, -0.2) is 4.98 Å². The molecule has 0 bridgehead atoms. The highest BCUT2D eigenvalue weighted by Crippen LogP contribution is 2.47. The Balaban J connectivity index is 1.39. The molecule has 0 radical (unpaired) electrons. The third kappa shape index (κ3) is 2.93. The highest BCUT2D eigenvalue weighted by molar-refractivity contribution is 5.83. The number of rotatable bonds is 3. The van der Waals surface area contributed by atoms with Crippen LogP contribution < -0.4 is 4.90 Å². The topological polar surface area (TPSA) is 86.6 Å². The number of amides is 1. The van der Waals surface area contributed by atoms with Crippen LogP contribution in [-0.2, 0) is 9.59 Å². The molecule has 2 saturated heterocycles. The Morgan fingerprint density at radius 1 is 1.15 bits per heavy atom. The molecule has 7 heteroatoms. The Labute approximate surface area is 153 Å². The van der Waals surface area contributed by atoms with E-state index < -0.39 is 11.4 Å². The number of fused-ring (bicyclic) bond motifs is 1. The summed E-state index contributed by atoms with van der Waals surface area (Å²) in [5.74, 6) is 0.413. The highest BCUT2D eigenvalue weighted by atomic mass is 16.4. The first-order valence-electron chi connectivity index (χ1n) is 9.63. The molecule has 0 unspecified atom stereocenters. The Bertz CT molecular complexity index is 675. The average Bonchev–Trinajstić information content (AvgIpc) is 3.09. The van der Waals surface area contributed by atoms with Crippen molar-refractivity contribution in [3.05, 3.63) is 18.6 Å². The molecule has 1 aliphatic carbocycles. The molecule has 1 saturated carbocycles. The van der Waals surface area contributed by atoms with Gasteiger partial charge in [-0.15, -0.1) is 0 Å². The number of hydrogen-bond donors (Lipinski definition) is 1. The molecular formula is C19H26N4O3. The maximum absolute atomic E-state index is 13.0. The van der Waals surface area contributed by atoms with Crippen LogP contribution in [0.3, 0.4) is 0 Å². The summed E-state index contributed by atoms with van der Waals surface area (Å²) >= 11 is 0. The van der Waals surface area contributed by atoms with E-state index >= 15 is 0 Å². The van der Waals surface area contributed by atoms with Crippen molar-refractivity contribution < 1.29 is 14.7 Å². The van der Waals surface area contributed by atoms with Crippen molar-refractivity contribution >= 4 is 17.7 Å². The van der Waals surface area contributed by atoms with E-state index in [9.17, 15) is 14.7 Å². The second-order valence-electron chi connectivity index (χ2n) is 7.95. The molecule has 26 heavy (non-hydrogen) atoms. The third-order valence-electron chi connectivity index (χ3n) is 6.58. The van der Waals surface area contributed by atoms with Crippen molar-refractivity contribution in [1.82, 2.24) is 14.9 Å². The largest absolute Gasteiger partial charge is 0.481 e. The van der Waals surface area contributed by atoms with Gasteiger partial charge in [-0.1, -0.05) is 12.8 Å². The molecule has 140 valence electrons. The van der Waals surface area contributed by atoms with Gasteiger partial charge in [0, 0.05) is 44.5 Å². The van der Waals surface area contributed by atoms with Crippen LogP contribution in [0.2, 0.25) is 0 Å². The monoisotopic (exact) mass is 358 g/mol. The maximum Gasteiger partial charge on any atom is 0.311 e. The summed E-state index contributed by atoms with van der Waals surface area (Å²) in [6, 6.07) is 0. The van der Waals surface area contributed by atoms with E-state index in [1.807, 2.05) is 4.90 Å². The van der Waals surface area contributed by atoms with Crippen molar-refractivity contribution in [1.29, 1.82) is 0 Å². The van der Waals surface area contributed by atoms with Gasteiger partial charge in [0.25, 0.3) is 0 Å². The lowest BCUT2D eigenvalue weighted by atomic mass is 9.68. The fraction of sp³-hybridized carbons (Fsp3) is 0.684. The van der Waals surface area contributed by atoms with Crippen LogP contribution in [0.1, 0.15) is 38.5 Å². The second kappa shape index (κ2) is 6.85. The predicted molar refractivity (Wildman–Crippen MR) is 95.6 cm³/mol. The molecule has 4 rings (SSSR count). The number of likely N-dealkylation sites (tertiary alicyclic amines) is 1. The average molecular weight is 358 g/mol. The van der Waals surface area contributed by atoms with Gasteiger partial charge >= 0.3 is 5.97 Å². The quantitative estimate of drug-likeness (QED) is 0.887. The van der Waals surface area contributed by atoms with Crippen LogP contribution in [0.5, 0.6) is 0 Å². The van der Waals surface area contributed by atoms with Crippen LogP contribution in [0.4, 0.5) is 5.82 Å². The molecule has 2 aliphatic heterocycles. The standard InChI is InChI=1S/C19H26N4O3/c24-17(14-4-9-22(10-5-14)16-11-20-7-8-21-16)23-12-15-3-1-2-6-19(15,13-23)18(25)26/h7-8,11,14-15H,1-6,9-10,12-13H2,(H,25,26)/t15-,19-/m1/s1. The van der Waals surface area contributed by atoms with Gasteiger partial charge in [0.2, 0.25) is 5.91 Å². The minimum absolute atomic E-state index is 0.00563. The maximum atomic E-state index is 13.0. The van der Waals surface area contributed by atoms with Gasteiger partial charge in [0.15, 0.2) is 0 Å². The Morgan fingerprint density at radius 2 is 1.96 bits per heavy atom. The number of piperidine rings is 1. The Hall–Kier alpha value is -2.18. The smallest absolute Gasteiger partial charge is 0.311 e. The van der Waals surface area contributed by atoms with Crippen molar-refractivity contribution in [2.45, 2.75) is 38.5 Å². The van der Waals surface area contributed by atoms with E-state index in [0.717, 1.165) is 51.0 Å². The number of aliphatic carboxylic acids is 1. The van der Waals surface area contributed by atoms with Crippen LogP contribution >= 0.6 is 0 Å². The Kier molecular flexibility index (Phi) is 4.54. The summed E-state index contributed by atoms with van der Waals surface area (Å²) in [6.07, 6.45) is 10.4. The molecule has 1 aromatic heterocycles. The van der Waals surface area contributed by atoms with Crippen molar-refractivity contribution in [3.63, 3.8) is 0 Å². The van der Waals surface area contributed by atoms with Crippen LogP contribution in [-0.4, -0.2) is 58.0 Å². The molecule has 0 spiro atoms. The van der Waals surface area contributed by atoms with Gasteiger partial charge in [0.05, 0.1) is 11.6 Å². The van der Waals surface area contributed by atoms with Gasteiger partial charge in [-0.05, 0) is 31.6 Å². The fourth-order valence-electron chi connectivity index (χ4n) is 5.04. The summed E-state index contributed by atoms with van der Waals surface area (Å²) in [4.78, 5) is 37.4. The number of hydrogen-bond acceptors (Lipinski definition) is 5. The number of anilines is 1. The summed E-state index contributed by atoms with van der Waals surface area (Å²) in [5.41, 5.74) is -0.700. The molecule has 3 heterocycles. The lowest BCUT2D eigenvalue weighted by Gasteiger charge is -2.34. The van der Waals surface area contributed by atoms with Crippen molar-refractivity contribution in [2.75, 3.05) is 31.1 Å². The third-order valence-corrected chi connectivity index (χ3v) is 6.58. The Morgan fingerprint density at radius 3 is 2.62 bits per heavy atom. The summed E-state index contributed by atoms with van der Waals surface area (Å²) in [6.45, 7) is 2.60. The first-order valence-corrected chi connectivity index (χ1v) is 9.63. The fourth-order valence-corrected chi connectivity index (χ4v) is 5.04. The lowest BCUT2D eigenvalue weighted by Crippen LogP contribution is -2.44. The van der Waals surface area contributed by atoms with Gasteiger partial charge in [-0.2, -0.15) is 0 Å². The van der Waals surface area contributed by atoms with Crippen molar-refractivity contribution in [2.24, 2.45) is 17.3 Å². The van der Waals surface area contributed by atoms with Gasteiger partial charge in [-0.3, -0.25) is 14.6 Å². The predicted octanol–water partition coefficient (Wildman–Crippen LogP) is 1.80. The summed E-state index contributed by atoms with van der Waals surface area (Å²) in [7, 11) is 0. The molecule has 3 aliphatic rings. The zero-order chi connectivity index (χ0) is 18.1. The van der Waals surface area contributed by atoms with E-state index in [1.54, 1.807) is 18.6 Å². The van der Waals surface area contributed by atoms with E-state index in [0.29, 0.717) is 19.5 Å². The summed E-state index contributed by atoms with van der Waals surface area (Å²) < 4.78 is 0. The SMILES string of the molecule is O=C(C1CCN(c2cnccn2)CC1)N1C[C@H]2CCCC[C@@]2(C(=O)O)C1. The van der Waals surface area contributed by atoms with E-state index in [2.05, 4.69) is 14.9 Å². The van der Waals surface area contributed by atoms with Crippen LogP contribution in [0, 0.1) is 17.3 Å². The number of carboxylic acids is 1. The minimum Gasteiger partial charge on any atom is -0.481 e. The zero-order valence-corrected chi connectivity index (χ0v) is 15.0. The number of carbonyl (C=O) groups is 2. The first kappa shape index (κ1) is 17.2. The number of aromatic nitrogens is 2. The second-order valence-corrected chi connectivity index (χ2v) is 7.95.